The third kappa shape index (κ3) is 8.72. The van der Waals surface area contributed by atoms with Crippen LogP contribution in [-0.4, -0.2) is 118 Å². The highest BCUT2D eigenvalue weighted by Gasteiger charge is 2.49. The van der Waals surface area contributed by atoms with Gasteiger partial charge in [0.2, 0.25) is 0 Å². The lowest BCUT2D eigenvalue weighted by Gasteiger charge is -2.38. The predicted molar refractivity (Wildman–Crippen MR) is 225 cm³/mol. The molecule has 1 N–H and O–H groups in total. The lowest BCUT2D eigenvalue weighted by Crippen LogP contribution is -2.51. The fourth-order valence-corrected chi connectivity index (χ4v) is 9.29. The Morgan fingerprint density at radius 1 is 1.07 bits per heavy atom. The molecule has 2 aromatic carbocycles. The molecule has 8 rings (SSSR count). The summed E-state index contributed by atoms with van der Waals surface area (Å²) in [5.41, 5.74) is 1.87. The van der Waals surface area contributed by atoms with Gasteiger partial charge in [-0.05, 0) is 95.8 Å². The van der Waals surface area contributed by atoms with Gasteiger partial charge >= 0.3 is 18.2 Å². The van der Waals surface area contributed by atoms with Crippen LogP contribution in [0.2, 0.25) is 0 Å². The summed E-state index contributed by atoms with van der Waals surface area (Å²) in [5.74, 6) is 1.28. The van der Waals surface area contributed by atoms with Crippen molar-refractivity contribution in [3.8, 4) is 35.4 Å². The van der Waals surface area contributed by atoms with Gasteiger partial charge in [0.05, 0.1) is 22.5 Å². The van der Waals surface area contributed by atoms with E-state index in [1.165, 1.54) is 35.4 Å². The van der Waals surface area contributed by atoms with Crippen LogP contribution in [0, 0.1) is 24.0 Å². The summed E-state index contributed by atoms with van der Waals surface area (Å²) in [4.78, 5) is 45.9. The number of likely N-dealkylation sites (N-methyl/N-ethyl adjacent to an activating group) is 1. The van der Waals surface area contributed by atoms with E-state index in [0.29, 0.717) is 55.6 Å². The Hall–Kier alpha value is -5.40. The number of rotatable bonds is 8. The topological polar surface area (TPSA) is 125 Å². The van der Waals surface area contributed by atoms with Gasteiger partial charge in [0.15, 0.2) is 11.6 Å². The molecule has 61 heavy (non-hydrogen) atoms. The van der Waals surface area contributed by atoms with E-state index in [4.69, 9.17) is 25.6 Å². The van der Waals surface area contributed by atoms with Crippen LogP contribution in [0.1, 0.15) is 84.1 Å². The summed E-state index contributed by atoms with van der Waals surface area (Å²) in [5, 5.41) is 2.74. The first-order valence-electron chi connectivity index (χ1n) is 21.3. The number of anilines is 1. The summed E-state index contributed by atoms with van der Waals surface area (Å²) in [6.07, 6.45) is 12.4. The number of nitrogens with one attached hydrogen (secondary N) is 1. The maximum atomic E-state index is 17.4. The molecular formula is C45H53F3N8O5. The fraction of sp³-hybridized carbons (Fsp3) is 0.533. The first-order valence-corrected chi connectivity index (χ1v) is 21.3. The van der Waals surface area contributed by atoms with Gasteiger partial charge in [0.1, 0.15) is 41.2 Å². The second kappa shape index (κ2) is 17.2. The van der Waals surface area contributed by atoms with Crippen molar-refractivity contribution >= 4 is 39.7 Å². The Kier molecular flexibility index (Phi) is 11.9. The maximum Gasteiger partial charge on any atom is 0.415 e. The number of hydrazine groups is 1. The highest BCUT2D eigenvalue weighted by Crippen LogP contribution is 2.42. The number of hydrogen-bond acceptors (Lipinski definition) is 11. The van der Waals surface area contributed by atoms with Gasteiger partial charge in [-0.15, -0.1) is 6.42 Å². The average Bonchev–Trinajstić information content (AvgIpc) is 3.61. The molecule has 16 heteroatoms. The predicted octanol–water partition coefficient (Wildman–Crippen LogP) is 7.77. The number of piperidine rings is 1. The third-order valence-electron chi connectivity index (χ3n) is 12.2. The largest absolute Gasteiger partial charge is 0.461 e. The summed E-state index contributed by atoms with van der Waals surface area (Å²) in [7, 11) is 1.57. The molecule has 1 unspecified atom stereocenters. The van der Waals surface area contributed by atoms with Gasteiger partial charge in [-0.2, -0.15) is 9.97 Å². The van der Waals surface area contributed by atoms with Gasteiger partial charge in [-0.1, -0.05) is 18.4 Å². The second-order valence-corrected chi connectivity index (χ2v) is 17.7. The molecular weight excluding hydrogens is 790 g/mol. The summed E-state index contributed by atoms with van der Waals surface area (Å²) in [6.45, 7) is 8.64. The number of carbonyl (C=O) groups excluding carboxylic acids is 2. The molecule has 4 aliphatic rings. The lowest BCUT2D eigenvalue weighted by molar-refractivity contribution is 0.00651. The zero-order chi connectivity index (χ0) is 43.1. The number of fused-ring (bicyclic) bond motifs is 3. The van der Waals surface area contributed by atoms with E-state index in [9.17, 15) is 14.0 Å². The van der Waals surface area contributed by atoms with Crippen molar-refractivity contribution in [1.82, 2.24) is 35.1 Å². The van der Waals surface area contributed by atoms with E-state index < -0.39 is 41.1 Å². The van der Waals surface area contributed by atoms with E-state index in [1.807, 2.05) is 5.01 Å². The van der Waals surface area contributed by atoms with E-state index in [1.54, 1.807) is 32.7 Å². The zero-order valence-corrected chi connectivity index (χ0v) is 35.2. The van der Waals surface area contributed by atoms with Crippen molar-refractivity contribution in [2.75, 3.05) is 57.9 Å². The molecule has 13 nitrogen and oxygen atoms in total. The van der Waals surface area contributed by atoms with Crippen LogP contribution >= 0.6 is 0 Å². The van der Waals surface area contributed by atoms with Gasteiger partial charge in [-0.3, -0.25) is 14.9 Å². The maximum absolute atomic E-state index is 17.4. The number of carbonyl (C=O) groups is 2. The van der Waals surface area contributed by atoms with Crippen molar-refractivity contribution < 1.29 is 37.0 Å². The van der Waals surface area contributed by atoms with Crippen LogP contribution in [0.4, 0.5) is 28.6 Å². The Morgan fingerprint density at radius 3 is 2.69 bits per heavy atom. The number of terminal acetylenes is 1. The standard InChI is InChI=1S/C45H53F3N8O5/c1-6-32-35(47)15-14-28-21-31(60-42(57)53(5)26-30-13-8-11-19-55(30)43(58)61-44(2,3)4)22-33(36(28)32)38-37(48)39-34(24-49-38)40(56-20-10-7-9-17-50-56)52-41(51-39)59-27-45-16-12-18-54(45)25-29(46)23-45/h1,14-15,21-22,24,29-30,50H,7-13,16-20,23,25-27H2,2-5H3/t29-,30?,45+/m1/s1. The summed E-state index contributed by atoms with van der Waals surface area (Å²) < 4.78 is 65.3. The van der Waals surface area contributed by atoms with E-state index >= 15 is 8.78 Å². The lowest BCUT2D eigenvalue weighted by atomic mass is 9.95. The number of alkyl halides is 1. The Labute approximate surface area is 353 Å². The molecule has 0 saturated carbocycles. The van der Waals surface area contributed by atoms with Crippen molar-refractivity contribution in [3.05, 3.63) is 47.7 Å². The number of hydrogen-bond donors (Lipinski definition) is 1. The van der Waals surface area contributed by atoms with Gasteiger partial charge in [0, 0.05) is 63.3 Å². The SMILES string of the molecule is C#Cc1c(F)ccc2cc(OC(=O)N(C)CC3CCCCN3C(=O)OC(C)(C)C)cc(-c3ncc4c(N5CCCCCN5)nc(OC[C@@]56CCCN5C[C@H](F)C6)nc4c3F)c12. The number of likely N-dealkylation sites (tertiary alicyclic amines) is 1. The Balaban J connectivity index is 1.16. The molecule has 4 aromatic rings. The number of pyridine rings is 1. The minimum absolute atomic E-state index is 0.0344. The minimum atomic E-state index is -0.959. The normalized spacial score (nSPS) is 22.2. The minimum Gasteiger partial charge on any atom is -0.461 e. The molecule has 0 aliphatic carbocycles. The van der Waals surface area contributed by atoms with Crippen LogP contribution in [0.5, 0.6) is 11.8 Å². The Bertz CT molecular complexity index is 2360. The van der Waals surface area contributed by atoms with E-state index in [0.717, 1.165) is 51.5 Å². The molecule has 3 atom stereocenters. The molecule has 4 saturated heterocycles. The average molecular weight is 843 g/mol. The smallest absolute Gasteiger partial charge is 0.415 e. The molecule has 4 aliphatic heterocycles. The summed E-state index contributed by atoms with van der Waals surface area (Å²) in [6, 6.07) is 5.26. The Morgan fingerprint density at radius 2 is 1.89 bits per heavy atom. The molecule has 0 radical (unpaired) electrons. The first kappa shape index (κ1) is 42.3. The fourth-order valence-electron chi connectivity index (χ4n) is 9.29. The van der Waals surface area contributed by atoms with Gasteiger partial charge in [0.25, 0.3) is 0 Å². The molecule has 2 aromatic heterocycles. The van der Waals surface area contributed by atoms with Crippen LogP contribution in [-0.2, 0) is 4.74 Å². The highest BCUT2D eigenvalue weighted by molar-refractivity contribution is 6.03. The first-order chi connectivity index (χ1) is 29.2. The molecule has 0 spiro atoms. The molecule has 324 valence electrons. The molecule has 2 amide bonds. The molecule has 6 heterocycles. The van der Waals surface area contributed by atoms with Crippen LogP contribution in [0.25, 0.3) is 32.9 Å². The van der Waals surface area contributed by atoms with E-state index in [2.05, 4.69) is 26.2 Å². The van der Waals surface area contributed by atoms with Gasteiger partial charge in [-0.25, -0.2) is 28.2 Å². The number of aromatic nitrogens is 3. The monoisotopic (exact) mass is 842 g/mol. The number of ether oxygens (including phenoxy) is 3. The highest BCUT2D eigenvalue weighted by atomic mass is 19.1. The van der Waals surface area contributed by atoms with Crippen LogP contribution < -0.4 is 19.9 Å². The van der Waals surface area contributed by atoms with Crippen LogP contribution in [0.3, 0.4) is 0 Å². The van der Waals surface area contributed by atoms with Crippen molar-refractivity contribution in [2.24, 2.45) is 0 Å². The third-order valence-corrected chi connectivity index (χ3v) is 12.2. The van der Waals surface area contributed by atoms with Crippen molar-refractivity contribution in [3.63, 3.8) is 0 Å². The van der Waals surface area contributed by atoms with Crippen molar-refractivity contribution in [2.45, 2.75) is 102 Å². The molecule has 0 bridgehead atoms. The number of nitrogens with zero attached hydrogens (tertiary/aromatic N) is 7. The van der Waals surface area contributed by atoms with Crippen LogP contribution in [0.15, 0.2) is 30.5 Å². The van der Waals surface area contributed by atoms with E-state index in [-0.39, 0.29) is 58.7 Å². The van der Waals surface area contributed by atoms with Crippen molar-refractivity contribution in [1.29, 1.82) is 0 Å². The summed E-state index contributed by atoms with van der Waals surface area (Å²) >= 11 is 0. The van der Waals surface area contributed by atoms with Gasteiger partial charge < -0.3 is 24.0 Å². The molecule has 4 fully saturated rings. The second-order valence-electron chi connectivity index (χ2n) is 17.7. The number of halogens is 3. The number of benzene rings is 2. The quantitative estimate of drug-likeness (QED) is 0.175. The zero-order valence-electron chi connectivity index (χ0n) is 35.2. The number of amides is 2.